The molecule has 0 heterocycles. The largest absolute Gasteiger partial charge is 3.00 e. The van der Waals surface area contributed by atoms with Crippen LogP contribution in [0.1, 0.15) is 0 Å². The van der Waals surface area contributed by atoms with Crippen molar-refractivity contribution in [1.29, 1.82) is 0 Å². The Hall–Kier alpha value is 1.19. The molecule has 0 aromatic carbocycles. The van der Waals surface area contributed by atoms with Crippen molar-refractivity contribution in [3.63, 3.8) is 0 Å². The number of hydrogen-bond donors (Lipinski definition) is 0. The average Bonchev–Trinajstić information content (AvgIpc) is 1.54. The van der Waals surface area contributed by atoms with Crippen LogP contribution >= 0.6 is 0 Å². The topological polar surface area (TPSA) is 190 Å². The Balaban J connectivity index is -0.0000000270. The van der Waals surface area contributed by atoms with Crippen LogP contribution in [0.4, 0.5) is 0 Å². The van der Waals surface area contributed by atoms with Crippen LogP contribution in [0, 0.1) is 36.9 Å². The third kappa shape index (κ3) is 1390. The first kappa shape index (κ1) is 29.5. The van der Waals surface area contributed by atoms with E-state index < -0.39 is 27.5 Å². The Morgan fingerprint density at radius 1 is 0.571 bits per heavy atom. The fourth-order valence-corrected chi connectivity index (χ4v) is 0. The van der Waals surface area contributed by atoms with Gasteiger partial charge in [-0.05, 0) is 0 Å². The molecule has 0 aliphatic heterocycles. The van der Waals surface area contributed by atoms with Crippen molar-refractivity contribution < 1.29 is 112 Å². The van der Waals surface area contributed by atoms with Gasteiger partial charge in [0, 0.05) is 27.5 Å². The Morgan fingerprint density at radius 2 is 0.571 bits per heavy atom. The van der Waals surface area contributed by atoms with Gasteiger partial charge in [-0.15, -0.1) is 0 Å². The summed E-state index contributed by atoms with van der Waals surface area (Å²) in [4.78, 5) is 51.1. The van der Waals surface area contributed by atoms with Gasteiger partial charge < -0.3 is 42.2 Å². The molecule has 0 saturated carbocycles. The summed E-state index contributed by atoms with van der Waals surface area (Å²) in [5, 5.41) is 0. The van der Waals surface area contributed by atoms with Crippen molar-refractivity contribution >= 4 is 27.5 Å². The van der Waals surface area contributed by atoms with E-state index in [-0.39, 0.29) is 69.6 Å². The molecule has 14 heavy (non-hydrogen) atoms. The first-order valence-electron chi connectivity index (χ1n) is 1.84. The quantitative estimate of drug-likeness (QED) is 0.296. The molecule has 0 aromatic rings. The first-order valence-corrected chi connectivity index (χ1v) is 5.51. The smallest absolute Gasteiger partial charge is 0.672 e. The van der Waals surface area contributed by atoms with E-state index in [1.807, 2.05) is 0 Å². The summed E-state index contributed by atoms with van der Waals surface area (Å²) in [6, 6.07) is 0. The Bertz CT molecular complexity index is 118. The van der Waals surface area contributed by atoms with E-state index in [0.29, 0.717) is 0 Å². The summed E-state index contributed by atoms with van der Waals surface area (Å²) in [6.45, 7) is 0. The summed E-state index contributed by atoms with van der Waals surface area (Å²) in [5.74, 6) is 0. The summed E-state index contributed by atoms with van der Waals surface area (Å²) < 4.78 is 25.6. The van der Waals surface area contributed by atoms with Crippen LogP contribution in [0.3, 0.4) is 0 Å². The maximum atomic E-state index is 8.52. The molecule has 84 valence electrons. The monoisotopic (exact) mass is 492 g/mol. The second-order valence-electron chi connectivity index (χ2n) is 0.750. The second-order valence-corrected chi connectivity index (χ2v) is 2.25. The molecule has 0 saturated heterocycles. The van der Waals surface area contributed by atoms with Gasteiger partial charge in [0.15, 0.2) is 0 Å². The van der Waals surface area contributed by atoms with Gasteiger partial charge in [-0.1, -0.05) is 0 Å². The first-order chi connectivity index (χ1) is 5.20. The molecule has 0 aliphatic rings. The third-order valence-corrected chi connectivity index (χ3v) is 0. The van der Waals surface area contributed by atoms with E-state index in [9.17, 15) is 0 Å². The minimum absolute atomic E-state index is 0. The SMILES string of the molecule is O=[Si]([O-])[O-].O=[Si]([O-])[O-].O=[Si]([O-])[O-].[Lu+3].[Y+3]. The molecule has 0 aromatic heterocycles. The van der Waals surface area contributed by atoms with Crippen LogP contribution < -0.4 is 28.8 Å². The molecule has 0 atom stereocenters. The van der Waals surface area contributed by atoms with Gasteiger partial charge in [0.1, 0.15) is 0 Å². The van der Waals surface area contributed by atoms with Gasteiger partial charge in [0.2, 0.25) is 0 Å². The molecular formula is LuO9Si3Y. The Labute approximate surface area is 137 Å². The Morgan fingerprint density at radius 3 is 0.571 bits per heavy atom. The van der Waals surface area contributed by atoms with Crippen LogP contribution in [0.2, 0.25) is 0 Å². The zero-order valence-corrected chi connectivity index (χ0v) is 13.5. The van der Waals surface area contributed by atoms with E-state index in [4.69, 9.17) is 42.2 Å². The number of hydrogen-bond acceptors (Lipinski definition) is 9. The normalized spacial score (nSPS) is 5.14. The standard InChI is InChI=1S/Lu.3O3Si.Y/c;3*1-4(2)3;/q+3;3*-2;+3. The van der Waals surface area contributed by atoms with Crippen LogP contribution in [-0.2, 0) is 46.1 Å². The van der Waals surface area contributed by atoms with Crippen molar-refractivity contribution in [1.82, 2.24) is 0 Å². The van der Waals surface area contributed by atoms with E-state index in [1.54, 1.807) is 0 Å². The molecule has 0 fully saturated rings. The fraction of sp³-hybridized carbons (Fsp3) is 0. The van der Waals surface area contributed by atoms with Gasteiger partial charge in [-0.25, -0.2) is 0 Å². The molecule has 14 heteroatoms. The predicted octanol–water partition coefficient (Wildman–Crippen LogP) is -8.64. The second kappa shape index (κ2) is 23.8. The molecule has 0 spiro atoms. The molecule has 0 bridgehead atoms. The van der Waals surface area contributed by atoms with Crippen molar-refractivity contribution in [2.24, 2.45) is 0 Å². The molecule has 0 rings (SSSR count). The van der Waals surface area contributed by atoms with Crippen molar-refractivity contribution in [2.45, 2.75) is 0 Å². The summed E-state index contributed by atoms with van der Waals surface area (Å²) >= 11 is 0. The van der Waals surface area contributed by atoms with Crippen LogP contribution in [0.5, 0.6) is 0 Å². The van der Waals surface area contributed by atoms with E-state index in [0.717, 1.165) is 0 Å². The van der Waals surface area contributed by atoms with Crippen LogP contribution in [-0.4, -0.2) is 27.5 Å². The molecular weight excluding hydrogens is 492 g/mol. The molecule has 0 aliphatic carbocycles. The minimum Gasteiger partial charge on any atom is -0.672 e. The predicted molar refractivity (Wildman–Crippen MR) is 19.3 cm³/mol. The van der Waals surface area contributed by atoms with Crippen LogP contribution in [0.15, 0.2) is 0 Å². The third-order valence-electron chi connectivity index (χ3n) is 0. The Kier molecular flexibility index (Phi) is 50.0. The molecule has 0 amide bonds. The maximum Gasteiger partial charge on any atom is 3.00 e. The van der Waals surface area contributed by atoms with Gasteiger partial charge in [0.25, 0.3) is 0 Å². The maximum absolute atomic E-state index is 8.52. The molecule has 0 N–H and O–H groups in total. The van der Waals surface area contributed by atoms with Crippen LogP contribution in [0.25, 0.3) is 0 Å². The van der Waals surface area contributed by atoms with Crippen molar-refractivity contribution in [2.75, 3.05) is 0 Å². The minimum atomic E-state index is -3.63. The van der Waals surface area contributed by atoms with Crippen molar-refractivity contribution in [3.8, 4) is 0 Å². The zero-order valence-electron chi connectivity index (χ0n) is 6.01. The van der Waals surface area contributed by atoms with E-state index >= 15 is 0 Å². The summed E-state index contributed by atoms with van der Waals surface area (Å²) in [6.07, 6.45) is 0. The van der Waals surface area contributed by atoms with Gasteiger partial charge in [-0.3, -0.25) is 0 Å². The molecule has 0 radical (unpaired) electrons. The molecule has 9 nitrogen and oxygen atoms in total. The number of rotatable bonds is 0. The van der Waals surface area contributed by atoms with E-state index in [1.165, 1.54) is 0 Å². The fourth-order valence-electron chi connectivity index (χ4n) is 0. The zero-order chi connectivity index (χ0) is 10.7. The van der Waals surface area contributed by atoms with Gasteiger partial charge in [-0.2, -0.15) is 0 Å². The van der Waals surface area contributed by atoms with Gasteiger partial charge in [0.05, 0.1) is 0 Å². The van der Waals surface area contributed by atoms with E-state index in [2.05, 4.69) is 0 Å². The van der Waals surface area contributed by atoms with Gasteiger partial charge >= 0.3 is 69.6 Å². The average molecular weight is 492 g/mol. The summed E-state index contributed by atoms with van der Waals surface area (Å²) in [5.41, 5.74) is 0. The molecule has 0 unspecified atom stereocenters. The summed E-state index contributed by atoms with van der Waals surface area (Å²) in [7, 11) is -10.9. The van der Waals surface area contributed by atoms with Crippen molar-refractivity contribution in [3.05, 3.63) is 0 Å².